The molecule has 30 heavy (non-hydrogen) atoms. The van der Waals surface area contributed by atoms with Gasteiger partial charge in [-0.15, -0.1) is 10.2 Å². The third-order valence-corrected chi connectivity index (χ3v) is 6.39. The average Bonchev–Trinajstić information content (AvgIpc) is 3.36. The third-order valence-electron chi connectivity index (χ3n) is 4.36. The Bertz CT molecular complexity index is 1180. The molecule has 0 aliphatic carbocycles. The molecule has 150 valence electrons. The summed E-state index contributed by atoms with van der Waals surface area (Å²) in [4.78, 5) is 0. The molecule has 0 bridgehead atoms. The van der Waals surface area contributed by atoms with Crippen molar-refractivity contribution in [1.82, 2.24) is 20.0 Å². The van der Waals surface area contributed by atoms with Crippen LogP contribution in [0, 0.1) is 24.1 Å². The van der Waals surface area contributed by atoms with Crippen LogP contribution in [0.1, 0.15) is 22.5 Å². The van der Waals surface area contributed by atoms with E-state index in [0.29, 0.717) is 28.7 Å². The predicted molar refractivity (Wildman–Crippen MR) is 116 cm³/mol. The van der Waals surface area contributed by atoms with Crippen LogP contribution in [0.25, 0.3) is 5.69 Å². The summed E-state index contributed by atoms with van der Waals surface area (Å²) < 4.78 is 15.6. The largest absolute Gasteiger partial charge is 0.356 e. The Morgan fingerprint density at radius 2 is 1.90 bits per heavy atom. The van der Waals surface area contributed by atoms with Crippen molar-refractivity contribution in [3.05, 3.63) is 82.9 Å². The number of anilines is 1. The molecule has 0 saturated carbocycles. The van der Waals surface area contributed by atoms with Crippen LogP contribution in [0.2, 0.25) is 0 Å². The maximum atomic E-state index is 13.0. The van der Waals surface area contributed by atoms with Crippen LogP contribution in [-0.2, 0) is 12.3 Å². The smallest absolute Gasteiger partial charge is 0.206 e. The van der Waals surface area contributed by atoms with Crippen molar-refractivity contribution >= 4 is 28.2 Å². The van der Waals surface area contributed by atoms with Gasteiger partial charge in [0, 0.05) is 12.3 Å². The van der Waals surface area contributed by atoms with E-state index in [1.165, 1.54) is 35.2 Å². The van der Waals surface area contributed by atoms with Gasteiger partial charge in [0.15, 0.2) is 4.34 Å². The molecule has 0 amide bonds. The Kier molecular flexibility index (Phi) is 6.07. The van der Waals surface area contributed by atoms with Crippen LogP contribution in [-0.4, -0.2) is 20.0 Å². The molecular weight excluding hydrogens is 419 g/mol. The zero-order valence-corrected chi connectivity index (χ0v) is 17.7. The van der Waals surface area contributed by atoms with Crippen LogP contribution in [0.4, 0.5) is 9.52 Å². The Morgan fingerprint density at radius 3 is 2.63 bits per heavy atom. The molecule has 0 atom stereocenters. The average molecular weight is 437 g/mol. The summed E-state index contributed by atoms with van der Waals surface area (Å²) in [5.41, 5.74) is 4.00. The normalized spacial score (nSPS) is 10.7. The monoisotopic (exact) mass is 436 g/mol. The van der Waals surface area contributed by atoms with E-state index in [9.17, 15) is 9.65 Å². The summed E-state index contributed by atoms with van der Waals surface area (Å²) in [6.07, 6.45) is 0. The standard InChI is InChI=1S/C21H17FN6S2/c1-14-18(11-23)19(28(27-14)17-5-3-2-4-6-17)13-29-21-26-25-20(30-21)24-12-15-7-9-16(22)10-8-15/h2-10H,12-13H2,1H3,(H,24,25). The first kappa shape index (κ1) is 20.1. The number of aryl methyl sites for hydroxylation is 1. The maximum absolute atomic E-state index is 13.0. The lowest BCUT2D eigenvalue weighted by Crippen LogP contribution is -2.01. The Labute approximate surface area is 181 Å². The van der Waals surface area contributed by atoms with Crippen molar-refractivity contribution in [1.29, 1.82) is 5.26 Å². The lowest BCUT2D eigenvalue weighted by atomic mass is 10.2. The summed E-state index contributed by atoms with van der Waals surface area (Å²) >= 11 is 2.95. The molecular formula is C21H17FN6S2. The van der Waals surface area contributed by atoms with Gasteiger partial charge >= 0.3 is 0 Å². The van der Waals surface area contributed by atoms with Gasteiger partial charge in [-0.2, -0.15) is 10.4 Å². The number of hydrogen-bond donors (Lipinski definition) is 1. The number of thioether (sulfide) groups is 1. The molecule has 1 N–H and O–H groups in total. The molecule has 0 fully saturated rings. The Morgan fingerprint density at radius 1 is 1.13 bits per heavy atom. The van der Waals surface area contributed by atoms with E-state index in [-0.39, 0.29) is 5.82 Å². The number of para-hydroxylation sites is 1. The molecule has 0 aliphatic heterocycles. The first-order valence-corrected chi connectivity index (χ1v) is 10.9. The quantitative estimate of drug-likeness (QED) is 0.413. The van der Waals surface area contributed by atoms with Crippen LogP contribution in [0.3, 0.4) is 0 Å². The lowest BCUT2D eigenvalue weighted by molar-refractivity contribution is 0.627. The van der Waals surface area contributed by atoms with Gasteiger partial charge in [-0.3, -0.25) is 0 Å². The minimum absolute atomic E-state index is 0.255. The zero-order chi connectivity index (χ0) is 20.9. The van der Waals surface area contributed by atoms with Crippen LogP contribution in [0.5, 0.6) is 0 Å². The van der Waals surface area contributed by atoms with E-state index >= 15 is 0 Å². The molecule has 9 heteroatoms. The zero-order valence-electron chi connectivity index (χ0n) is 16.0. The molecule has 0 spiro atoms. The van der Waals surface area contributed by atoms with E-state index in [1.54, 1.807) is 12.1 Å². The lowest BCUT2D eigenvalue weighted by Gasteiger charge is -2.06. The van der Waals surface area contributed by atoms with E-state index in [0.717, 1.165) is 21.3 Å². The number of hydrogen-bond acceptors (Lipinski definition) is 7. The second-order valence-electron chi connectivity index (χ2n) is 6.41. The maximum Gasteiger partial charge on any atom is 0.206 e. The van der Waals surface area contributed by atoms with Crippen molar-refractivity contribution in [3.8, 4) is 11.8 Å². The van der Waals surface area contributed by atoms with Gasteiger partial charge in [0.2, 0.25) is 5.13 Å². The number of rotatable bonds is 7. The van der Waals surface area contributed by atoms with Crippen LogP contribution < -0.4 is 5.32 Å². The second kappa shape index (κ2) is 9.07. The van der Waals surface area contributed by atoms with Gasteiger partial charge in [-0.05, 0) is 36.8 Å². The van der Waals surface area contributed by atoms with Crippen molar-refractivity contribution in [2.75, 3.05) is 5.32 Å². The molecule has 0 radical (unpaired) electrons. The molecule has 2 aromatic carbocycles. The second-order valence-corrected chi connectivity index (χ2v) is 8.61. The summed E-state index contributed by atoms with van der Waals surface area (Å²) in [6, 6.07) is 18.4. The van der Waals surface area contributed by atoms with Crippen molar-refractivity contribution in [2.45, 2.75) is 23.6 Å². The molecule has 4 aromatic rings. The molecule has 0 unspecified atom stereocenters. The number of benzene rings is 2. The third kappa shape index (κ3) is 4.50. The van der Waals surface area contributed by atoms with Gasteiger partial charge < -0.3 is 5.32 Å². The highest BCUT2D eigenvalue weighted by Gasteiger charge is 2.17. The van der Waals surface area contributed by atoms with Crippen molar-refractivity contribution < 1.29 is 4.39 Å². The van der Waals surface area contributed by atoms with Crippen LogP contribution >= 0.6 is 23.1 Å². The summed E-state index contributed by atoms with van der Waals surface area (Å²) in [5, 5.41) is 26.4. The molecule has 4 rings (SSSR count). The van der Waals surface area contributed by atoms with E-state index < -0.39 is 0 Å². The minimum Gasteiger partial charge on any atom is -0.356 e. The van der Waals surface area contributed by atoms with Gasteiger partial charge in [0.05, 0.1) is 22.6 Å². The summed E-state index contributed by atoms with van der Waals surface area (Å²) in [5.74, 6) is 0.292. The topological polar surface area (TPSA) is 79.4 Å². The number of nitrogens with one attached hydrogen (secondary N) is 1. The van der Waals surface area contributed by atoms with Crippen LogP contribution in [0.15, 0.2) is 58.9 Å². The summed E-state index contributed by atoms with van der Waals surface area (Å²) in [6.45, 7) is 2.38. The highest BCUT2D eigenvalue weighted by Crippen LogP contribution is 2.31. The fourth-order valence-corrected chi connectivity index (χ4v) is 4.63. The molecule has 0 aliphatic rings. The van der Waals surface area contributed by atoms with E-state index in [2.05, 4.69) is 26.7 Å². The van der Waals surface area contributed by atoms with Gasteiger partial charge in [-0.1, -0.05) is 53.4 Å². The number of nitriles is 1. The van der Waals surface area contributed by atoms with E-state index in [1.807, 2.05) is 41.9 Å². The predicted octanol–water partition coefficient (Wildman–Crippen LogP) is 4.95. The van der Waals surface area contributed by atoms with Crippen molar-refractivity contribution in [2.24, 2.45) is 0 Å². The number of nitrogens with zero attached hydrogens (tertiary/aromatic N) is 5. The summed E-state index contributed by atoms with van der Waals surface area (Å²) in [7, 11) is 0. The minimum atomic E-state index is -0.255. The van der Waals surface area contributed by atoms with Gasteiger partial charge in [-0.25, -0.2) is 9.07 Å². The highest BCUT2D eigenvalue weighted by atomic mass is 32.2. The number of halogens is 1. The fraction of sp³-hybridized carbons (Fsp3) is 0.143. The highest BCUT2D eigenvalue weighted by molar-refractivity contribution is 8.00. The Balaban J connectivity index is 1.45. The molecule has 0 saturated heterocycles. The number of aromatic nitrogens is 4. The molecule has 6 nitrogen and oxygen atoms in total. The fourth-order valence-electron chi connectivity index (χ4n) is 2.89. The van der Waals surface area contributed by atoms with E-state index in [4.69, 9.17) is 0 Å². The first-order chi connectivity index (χ1) is 14.6. The first-order valence-electron chi connectivity index (χ1n) is 9.12. The van der Waals surface area contributed by atoms with Crippen molar-refractivity contribution in [3.63, 3.8) is 0 Å². The molecule has 2 heterocycles. The Hall–Kier alpha value is -3.22. The van der Waals surface area contributed by atoms with Gasteiger partial charge in [0.1, 0.15) is 11.9 Å². The SMILES string of the molecule is Cc1nn(-c2ccccc2)c(CSc2nnc(NCc3ccc(F)cc3)s2)c1C#N. The van der Waals surface area contributed by atoms with Gasteiger partial charge in [0.25, 0.3) is 0 Å². The molecule has 2 aromatic heterocycles.